The highest BCUT2D eigenvalue weighted by molar-refractivity contribution is 5.97. The van der Waals surface area contributed by atoms with Gasteiger partial charge in [-0.3, -0.25) is 14.4 Å². The van der Waals surface area contributed by atoms with Crippen LogP contribution in [0.5, 0.6) is 0 Å². The van der Waals surface area contributed by atoms with E-state index in [1.54, 1.807) is 35.5 Å². The SMILES string of the molecule is COC(=O)CNC(=O)c1ccc(NC(=O)NCCC(=O)N2CCN(c3ncccn3)CC2)cc1. The number of hydrogen-bond acceptors (Lipinski definition) is 8. The molecule has 2 aromatic rings. The number of carbonyl (C=O) groups excluding carboxylic acids is 4. The number of benzene rings is 1. The summed E-state index contributed by atoms with van der Waals surface area (Å²) in [7, 11) is 1.24. The van der Waals surface area contributed by atoms with Crippen LogP contribution in [0.15, 0.2) is 42.7 Å². The normalized spacial score (nSPS) is 13.1. The fourth-order valence-electron chi connectivity index (χ4n) is 3.26. The van der Waals surface area contributed by atoms with Gasteiger partial charge in [-0.25, -0.2) is 14.8 Å². The minimum absolute atomic E-state index is 0.0313. The predicted molar refractivity (Wildman–Crippen MR) is 123 cm³/mol. The van der Waals surface area contributed by atoms with Crippen molar-refractivity contribution in [2.75, 3.05) is 56.6 Å². The summed E-state index contributed by atoms with van der Waals surface area (Å²) in [6.07, 6.45) is 3.57. The first-order valence-corrected chi connectivity index (χ1v) is 10.8. The van der Waals surface area contributed by atoms with Crippen LogP contribution >= 0.6 is 0 Å². The quantitative estimate of drug-likeness (QED) is 0.466. The topological polar surface area (TPSA) is 146 Å². The lowest BCUT2D eigenvalue weighted by Gasteiger charge is -2.34. The van der Waals surface area contributed by atoms with E-state index in [0.29, 0.717) is 43.4 Å². The molecule has 3 N–H and O–H groups in total. The molecule has 12 heteroatoms. The highest BCUT2D eigenvalue weighted by Gasteiger charge is 2.22. The van der Waals surface area contributed by atoms with E-state index in [0.717, 1.165) is 0 Å². The average molecular weight is 470 g/mol. The molecule has 1 aromatic carbocycles. The molecule has 2 heterocycles. The second-order valence-electron chi connectivity index (χ2n) is 7.38. The monoisotopic (exact) mass is 469 g/mol. The molecule has 1 aliphatic rings. The van der Waals surface area contributed by atoms with E-state index in [1.807, 2.05) is 4.90 Å². The first-order chi connectivity index (χ1) is 16.5. The largest absolute Gasteiger partial charge is 0.468 e. The smallest absolute Gasteiger partial charge is 0.325 e. The minimum atomic E-state index is -0.550. The van der Waals surface area contributed by atoms with E-state index in [4.69, 9.17) is 0 Å². The number of methoxy groups -OCH3 is 1. The molecule has 3 rings (SSSR count). The maximum absolute atomic E-state index is 12.4. The number of urea groups is 1. The molecule has 34 heavy (non-hydrogen) atoms. The summed E-state index contributed by atoms with van der Waals surface area (Å²) in [5, 5.41) is 7.73. The predicted octanol–water partition coefficient (Wildman–Crippen LogP) is 0.240. The van der Waals surface area contributed by atoms with Crippen molar-refractivity contribution in [2.24, 2.45) is 0 Å². The van der Waals surface area contributed by atoms with Gasteiger partial charge in [-0.05, 0) is 30.3 Å². The standard InChI is InChI=1S/C22H27N7O5/c1-34-19(31)15-26-20(32)16-3-5-17(6-4-16)27-22(33)25-10-7-18(30)28-11-13-29(14-12-28)21-23-8-2-9-24-21/h2-6,8-9H,7,10-15H2,1H3,(H,26,32)(H2,25,27,33). The van der Waals surface area contributed by atoms with Gasteiger partial charge >= 0.3 is 12.0 Å². The number of amides is 4. The van der Waals surface area contributed by atoms with Gasteiger partial charge in [0.25, 0.3) is 5.91 Å². The van der Waals surface area contributed by atoms with Gasteiger partial charge in [-0.15, -0.1) is 0 Å². The molecule has 0 atom stereocenters. The Hall–Kier alpha value is -4.22. The van der Waals surface area contributed by atoms with E-state index in [2.05, 4.69) is 30.7 Å². The van der Waals surface area contributed by atoms with Crippen LogP contribution in [0.25, 0.3) is 0 Å². The third-order valence-electron chi connectivity index (χ3n) is 5.12. The Morgan fingerprint density at radius 3 is 2.29 bits per heavy atom. The fraction of sp³-hybridized carbons (Fsp3) is 0.364. The second-order valence-corrected chi connectivity index (χ2v) is 7.38. The van der Waals surface area contributed by atoms with Crippen LogP contribution in [0.3, 0.4) is 0 Å². The van der Waals surface area contributed by atoms with Gasteiger partial charge in [0.1, 0.15) is 6.54 Å². The highest BCUT2D eigenvalue weighted by atomic mass is 16.5. The van der Waals surface area contributed by atoms with Crippen molar-refractivity contribution in [3.63, 3.8) is 0 Å². The van der Waals surface area contributed by atoms with E-state index in [-0.39, 0.29) is 25.4 Å². The van der Waals surface area contributed by atoms with E-state index >= 15 is 0 Å². The number of nitrogens with one attached hydrogen (secondary N) is 3. The lowest BCUT2D eigenvalue weighted by atomic mass is 10.2. The first kappa shape index (κ1) is 24.4. The number of hydrogen-bond donors (Lipinski definition) is 3. The second kappa shape index (κ2) is 12.1. The van der Waals surface area contributed by atoms with Crippen LogP contribution in [0.4, 0.5) is 16.4 Å². The van der Waals surface area contributed by atoms with Crippen LogP contribution in [-0.4, -0.2) is 85.1 Å². The summed E-state index contributed by atoms with van der Waals surface area (Å²) in [6.45, 7) is 2.42. The van der Waals surface area contributed by atoms with Gasteiger partial charge in [0.15, 0.2) is 0 Å². The van der Waals surface area contributed by atoms with Gasteiger partial charge in [-0.1, -0.05) is 0 Å². The molecule has 0 radical (unpaired) electrons. The molecule has 0 spiro atoms. The summed E-state index contributed by atoms with van der Waals surface area (Å²) in [6, 6.07) is 7.47. The molecular formula is C22H27N7O5. The summed E-state index contributed by atoms with van der Waals surface area (Å²) in [5.74, 6) is -0.359. The van der Waals surface area contributed by atoms with Gasteiger partial charge in [-0.2, -0.15) is 0 Å². The molecule has 0 saturated carbocycles. The Kier molecular flexibility index (Phi) is 8.72. The van der Waals surface area contributed by atoms with Crippen LogP contribution in [0, 0.1) is 0 Å². The molecule has 180 valence electrons. The van der Waals surface area contributed by atoms with Gasteiger partial charge in [0.05, 0.1) is 7.11 Å². The number of aromatic nitrogens is 2. The Morgan fingerprint density at radius 1 is 0.971 bits per heavy atom. The van der Waals surface area contributed by atoms with Crippen molar-refractivity contribution in [2.45, 2.75) is 6.42 Å². The number of esters is 1. The van der Waals surface area contributed by atoms with Crippen LogP contribution in [0.2, 0.25) is 0 Å². The fourth-order valence-corrected chi connectivity index (χ4v) is 3.26. The van der Waals surface area contributed by atoms with E-state index < -0.39 is 17.9 Å². The lowest BCUT2D eigenvalue weighted by molar-refractivity contribution is -0.139. The van der Waals surface area contributed by atoms with Crippen molar-refractivity contribution < 1.29 is 23.9 Å². The Labute approximate surface area is 196 Å². The zero-order chi connectivity index (χ0) is 24.3. The highest BCUT2D eigenvalue weighted by Crippen LogP contribution is 2.11. The Morgan fingerprint density at radius 2 is 1.65 bits per heavy atom. The van der Waals surface area contributed by atoms with Crippen molar-refractivity contribution in [1.29, 1.82) is 0 Å². The zero-order valence-corrected chi connectivity index (χ0v) is 18.8. The minimum Gasteiger partial charge on any atom is -0.468 e. The maximum Gasteiger partial charge on any atom is 0.325 e. The van der Waals surface area contributed by atoms with Crippen molar-refractivity contribution >= 4 is 35.5 Å². The van der Waals surface area contributed by atoms with E-state index in [9.17, 15) is 19.2 Å². The summed E-state index contributed by atoms with van der Waals surface area (Å²) in [4.78, 5) is 59.8. The summed E-state index contributed by atoms with van der Waals surface area (Å²) in [5.41, 5.74) is 0.812. The van der Waals surface area contributed by atoms with Crippen LogP contribution in [-0.2, 0) is 14.3 Å². The molecule has 0 unspecified atom stereocenters. The Bertz CT molecular complexity index is 992. The molecule has 1 saturated heterocycles. The lowest BCUT2D eigenvalue weighted by Crippen LogP contribution is -2.49. The number of piperazine rings is 1. The van der Waals surface area contributed by atoms with Crippen LogP contribution < -0.4 is 20.9 Å². The first-order valence-electron chi connectivity index (χ1n) is 10.8. The molecule has 4 amide bonds. The van der Waals surface area contributed by atoms with Gasteiger partial charge < -0.3 is 30.5 Å². The summed E-state index contributed by atoms with van der Waals surface area (Å²) < 4.78 is 4.46. The molecule has 0 aliphatic carbocycles. The maximum atomic E-state index is 12.4. The number of rotatable bonds is 8. The zero-order valence-electron chi connectivity index (χ0n) is 18.8. The molecule has 12 nitrogen and oxygen atoms in total. The Balaban J connectivity index is 1.34. The third-order valence-corrected chi connectivity index (χ3v) is 5.12. The molecular weight excluding hydrogens is 442 g/mol. The number of nitrogens with zero attached hydrogens (tertiary/aromatic N) is 4. The van der Waals surface area contributed by atoms with Crippen molar-refractivity contribution in [3.8, 4) is 0 Å². The van der Waals surface area contributed by atoms with Gasteiger partial charge in [0, 0.05) is 62.8 Å². The van der Waals surface area contributed by atoms with Gasteiger partial charge in [0.2, 0.25) is 11.9 Å². The van der Waals surface area contributed by atoms with Crippen molar-refractivity contribution in [3.05, 3.63) is 48.3 Å². The molecule has 0 bridgehead atoms. The van der Waals surface area contributed by atoms with Crippen molar-refractivity contribution in [1.82, 2.24) is 25.5 Å². The summed E-state index contributed by atoms with van der Waals surface area (Å²) >= 11 is 0. The molecule has 1 fully saturated rings. The van der Waals surface area contributed by atoms with E-state index in [1.165, 1.54) is 19.2 Å². The molecule has 1 aromatic heterocycles. The number of ether oxygens (including phenoxy) is 1. The van der Waals surface area contributed by atoms with Crippen LogP contribution in [0.1, 0.15) is 16.8 Å². The molecule has 1 aliphatic heterocycles. The third kappa shape index (κ3) is 7.15. The number of carbonyl (C=O) groups is 4. The average Bonchev–Trinajstić information content (AvgIpc) is 2.88. The number of anilines is 2.